The molecule has 2 heterocycles. The third kappa shape index (κ3) is 7.37. The van der Waals surface area contributed by atoms with Crippen LogP contribution in [0, 0.1) is 13.8 Å². The van der Waals surface area contributed by atoms with Gasteiger partial charge in [-0.3, -0.25) is 4.99 Å². The molecule has 0 spiro atoms. The van der Waals surface area contributed by atoms with Gasteiger partial charge in [-0.2, -0.15) is 0 Å². The van der Waals surface area contributed by atoms with Gasteiger partial charge in [-0.05, 0) is 37.1 Å². The number of imidazole rings is 1. The highest BCUT2D eigenvalue weighted by molar-refractivity contribution is 14.0. The van der Waals surface area contributed by atoms with Gasteiger partial charge in [0.25, 0.3) is 0 Å². The van der Waals surface area contributed by atoms with Crippen molar-refractivity contribution < 1.29 is 9.47 Å². The fourth-order valence-corrected chi connectivity index (χ4v) is 3.36. The first kappa shape index (κ1) is 25.9. The summed E-state index contributed by atoms with van der Waals surface area (Å²) in [6.07, 6.45) is 5.80. The number of pyridine rings is 1. The van der Waals surface area contributed by atoms with Crippen molar-refractivity contribution in [2.24, 2.45) is 4.99 Å². The van der Waals surface area contributed by atoms with Crippen molar-refractivity contribution in [3.05, 3.63) is 65.1 Å². The zero-order valence-corrected chi connectivity index (χ0v) is 21.7. The van der Waals surface area contributed by atoms with Crippen molar-refractivity contribution in [1.82, 2.24) is 20.0 Å². The molecule has 3 rings (SSSR count). The fraction of sp³-hybridized carbons (Fsp3) is 0.417. The lowest BCUT2D eigenvalue weighted by Crippen LogP contribution is -2.38. The van der Waals surface area contributed by atoms with E-state index in [9.17, 15) is 0 Å². The van der Waals surface area contributed by atoms with Gasteiger partial charge in [-0.25, -0.2) is 4.98 Å². The van der Waals surface area contributed by atoms with Crippen LogP contribution in [0.25, 0.3) is 5.65 Å². The van der Waals surface area contributed by atoms with Crippen LogP contribution in [0.5, 0.6) is 5.75 Å². The predicted molar refractivity (Wildman–Crippen MR) is 140 cm³/mol. The minimum atomic E-state index is 0. The Hall–Kier alpha value is -2.33. The normalized spacial score (nSPS) is 11.3. The Kier molecular flexibility index (Phi) is 10.8. The van der Waals surface area contributed by atoms with Crippen molar-refractivity contribution in [2.45, 2.75) is 33.2 Å². The zero-order chi connectivity index (χ0) is 22.1. The van der Waals surface area contributed by atoms with Gasteiger partial charge in [0.05, 0.1) is 12.3 Å². The van der Waals surface area contributed by atoms with E-state index in [4.69, 9.17) is 14.5 Å². The summed E-state index contributed by atoms with van der Waals surface area (Å²) in [7, 11) is 3.48. The molecule has 0 bridgehead atoms. The summed E-state index contributed by atoms with van der Waals surface area (Å²) >= 11 is 0. The van der Waals surface area contributed by atoms with Crippen molar-refractivity contribution in [3.63, 3.8) is 0 Å². The van der Waals surface area contributed by atoms with Crippen LogP contribution in [0.15, 0.2) is 47.7 Å². The standard InChI is InChI=1S/C24H33N5O2.HI/c1-18-8-9-20(22(15-18)31-14-6-13-30-4)16-27-24(25-3)26-11-10-21-17-29-12-5-7-19(2)23(29)28-21;/h5,7-9,12,15,17H,6,10-11,13-14,16H2,1-4H3,(H2,25,26,27);1H. The molecule has 174 valence electrons. The van der Waals surface area contributed by atoms with E-state index in [1.54, 1.807) is 14.2 Å². The van der Waals surface area contributed by atoms with Gasteiger partial charge in [0.1, 0.15) is 11.4 Å². The maximum Gasteiger partial charge on any atom is 0.191 e. The van der Waals surface area contributed by atoms with Gasteiger partial charge in [0.2, 0.25) is 0 Å². The van der Waals surface area contributed by atoms with E-state index in [0.717, 1.165) is 48.0 Å². The Labute approximate surface area is 207 Å². The molecule has 0 saturated heterocycles. The highest BCUT2D eigenvalue weighted by Crippen LogP contribution is 2.20. The van der Waals surface area contributed by atoms with Crippen LogP contribution in [-0.2, 0) is 17.7 Å². The van der Waals surface area contributed by atoms with E-state index >= 15 is 0 Å². The van der Waals surface area contributed by atoms with E-state index < -0.39 is 0 Å². The SMILES string of the molecule is CN=C(NCCc1cn2cccc(C)c2n1)NCc1ccc(C)cc1OCCCOC.I. The summed E-state index contributed by atoms with van der Waals surface area (Å²) in [6.45, 7) is 6.86. The molecule has 0 aliphatic rings. The minimum absolute atomic E-state index is 0. The molecule has 0 saturated carbocycles. The smallest absolute Gasteiger partial charge is 0.191 e. The zero-order valence-electron chi connectivity index (χ0n) is 19.4. The van der Waals surface area contributed by atoms with E-state index in [1.165, 1.54) is 11.1 Å². The van der Waals surface area contributed by atoms with Crippen molar-refractivity contribution in [3.8, 4) is 5.75 Å². The molecule has 0 atom stereocenters. The number of nitrogens with zero attached hydrogens (tertiary/aromatic N) is 3. The van der Waals surface area contributed by atoms with Crippen LogP contribution in [0.4, 0.5) is 0 Å². The molecule has 8 heteroatoms. The molecule has 0 unspecified atom stereocenters. The number of aliphatic imine (C=N–C) groups is 1. The van der Waals surface area contributed by atoms with E-state index in [0.29, 0.717) is 19.8 Å². The minimum Gasteiger partial charge on any atom is -0.493 e. The summed E-state index contributed by atoms with van der Waals surface area (Å²) < 4.78 is 13.1. The molecule has 32 heavy (non-hydrogen) atoms. The Morgan fingerprint density at radius 3 is 2.75 bits per heavy atom. The number of hydrogen-bond acceptors (Lipinski definition) is 4. The predicted octanol–water partition coefficient (Wildman–Crippen LogP) is 3.89. The number of fused-ring (bicyclic) bond motifs is 1. The number of aromatic nitrogens is 2. The summed E-state index contributed by atoms with van der Waals surface area (Å²) in [5.74, 6) is 1.66. The van der Waals surface area contributed by atoms with Gasteiger partial charge < -0.3 is 24.5 Å². The number of rotatable bonds is 10. The fourth-order valence-electron chi connectivity index (χ4n) is 3.36. The lowest BCUT2D eigenvalue weighted by atomic mass is 10.1. The summed E-state index contributed by atoms with van der Waals surface area (Å²) in [5, 5.41) is 6.75. The molecule has 3 aromatic rings. The maximum atomic E-state index is 5.97. The lowest BCUT2D eigenvalue weighted by molar-refractivity contribution is 0.172. The number of aryl methyl sites for hydroxylation is 2. The highest BCUT2D eigenvalue weighted by Gasteiger charge is 2.07. The van der Waals surface area contributed by atoms with E-state index in [-0.39, 0.29) is 24.0 Å². The summed E-state index contributed by atoms with van der Waals surface area (Å²) in [6, 6.07) is 10.4. The molecule has 0 fully saturated rings. The van der Waals surface area contributed by atoms with Crippen molar-refractivity contribution in [1.29, 1.82) is 0 Å². The van der Waals surface area contributed by atoms with Crippen LogP contribution in [0.3, 0.4) is 0 Å². The Morgan fingerprint density at radius 2 is 2.00 bits per heavy atom. The van der Waals surface area contributed by atoms with Gasteiger partial charge in [0, 0.05) is 64.7 Å². The number of hydrogen-bond donors (Lipinski definition) is 2. The molecular weight excluding hydrogens is 517 g/mol. The van der Waals surface area contributed by atoms with Crippen LogP contribution < -0.4 is 15.4 Å². The van der Waals surface area contributed by atoms with Crippen LogP contribution >= 0.6 is 24.0 Å². The van der Waals surface area contributed by atoms with Gasteiger partial charge >= 0.3 is 0 Å². The number of halogens is 1. The van der Waals surface area contributed by atoms with Crippen molar-refractivity contribution in [2.75, 3.05) is 33.9 Å². The Bertz CT molecular complexity index is 1020. The second-order valence-electron chi connectivity index (χ2n) is 7.56. The van der Waals surface area contributed by atoms with Crippen molar-refractivity contribution >= 4 is 35.6 Å². The molecule has 2 aromatic heterocycles. The first-order valence-electron chi connectivity index (χ1n) is 10.7. The number of ether oxygens (including phenoxy) is 2. The number of guanidine groups is 1. The third-order valence-corrected chi connectivity index (χ3v) is 5.04. The molecule has 0 radical (unpaired) electrons. The first-order valence-corrected chi connectivity index (χ1v) is 10.7. The summed E-state index contributed by atoms with van der Waals surface area (Å²) in [4.78, 5) is 9.06. The van der Waals surface area contributed by atoms with Gasteiger partial charge in [0.15, 0.2) is 5.96 Å². The van der Waals surface area contributed by atoms with Crippen LogP contribution in [0.2, 0.25) is 0 Å². The second-order valence-corrected chi connectivity index (χ2v) is 7.56. The molecule has 2 N–H and O–H groups in total. The number of benzene rings is 1. The third-order valence-electron chi connectivity index (χ3n) is 5.04. The average molecular weight is 551 g/mol. The Balaban J connectivity index is 0.00000363. The largest absolute Gasteiger partial charge is 0.493 e. The first-order chi connectivity index (χ1) is 15.1. The monoisotopic (exact) mass is 551 g/mol. The Morgan fingerprint density at radius 1 is 1.16 bits per heavy atom. The van der Waals surface area contributed by atoms with Gasteiger partial charge in [-0.1, -0.05) is 18.2 Å². The van der Waals surface area contributed by atoms with Crippen LogP contribution in [-0.4, -0.2) is 49.3 Å². The lowest BCUT2D eigenvalue weighted by Gasteiger charge is -2.15. The molecule has 7 nitrogen and oxygen atoms in total. The molecular formula is C24H34IN5O2. The van der Waals surface area contributed by atoms with Gasteiger partial charge in [-0.15, -0.1) is 24.0 Å². The molecule has 1 aromatic carbocycles. The van der Waals surface area contributed by atoms with E-state index in [1.807, 2.05) is 12.3 Å². The number of methoxy groups -OCH3 is 1. The molecule has 0 aliphatic carbocycles. The quantitative estimate of drug-likeness (QED) is 0.173. The van der Waals surface area contributed by atoms with E-state index in [2.05, 4.69) is 64.3 Å². The molecule has 0 aliphatic heterocycles. The topological polar surface area (TPSA) is 72.2 Å². The maximum absolute atomic E-state index is 5.97. The summed E-state index contributed by atoms with van der Waals surface area (Å²) in [5.41, 5.74) is 5.52. The number of nitrogens with one attached hydrogen (secondary N) is 2. The highest BCUT2D eigenvalue weighted by atomic mass is 127. The average Bonchev–Trinajstić information content (AvgIpc) is 3.19. The second kappa shape index (κ2) is 13.3. The van der Waals surface area contributed by atoms with Crippen LogP contribution in [0.1, 0.15) is 28.8 Å². The molecule has 0 amide bonds.